The molecule has 1 N–H and O–H groups in total. The van der Waals surface area contributed by atoms with Crippen LogP contribution in [0.3, 0.4) is 0 Å². The molecule has 1 aliphatic rings. The minimum absolute atomic E-state index is 0.0389. The number of aromatic nitrogens is 3. The number of fused-ring (bicyclic) bond motifs is 1. The quantitative estimate of drug-likeness (QED) is 0.717. The highest BCUT2D eigenvalue weighted by Crippen LogP contribution is 2.28. The topological polar surface area (TPSA) is 78.5 Å². The van der Waals surface area contributed by atoms with Gasteiger partial charge >= 0.3 is 0 Å². The van der Waals surface area contributed by atoms with Gasteiger partial charge in [-0.25, -0.2) is 13.8 Å². The van der Waals surface area contributed by atoms with Crippen molar-refractivity contribution < 1.29 is 18.4 Å². The molecule has 0 saturated carbocycles. The fraction of sp³-hybridized carbons (Fsp3) is 0.421. The molecule has 1 aromatic carbocycles. The summed E-state index contributed by atoms with van der Waals surface area (Å²) >= 11 is 0. The number of nitrogens with zero attached hydrogens (tertiary/aromatic N) is 5. The number of anilines is 1. The molecule has 3 heterocycles. The molecule has 148 valence electrons. The largest absolute Gasteiger partial charge is 0.396 e. The van der Waals surface area contributed by atoms with E-state index in [4.69, 9.17) is 4.52 Å². The van der Waals surface area contributed by atoms with Crippen LogP contribution in [0.2, 0.25) is 0 Å². The van der Waals surface area contributed by atoms with Crippen LogP contribution < -0.4 is 4.90 Å². The Morgan fingerprint density at radius 3 is 2.86 bits per heavy atom. The lowest BCUT2D eigenvalue weighted by atomic mass is 10.1. The number of halogens is 2. The van der Waals surface area contributed by atoms with E-state index < -0.39 is 11.6 Å². The monoisotopic (exact) mass is 389 g/mol. The van der Waals surface area contributed by atoms with Gasteiger partial charge in [0.1, 0.15) is 17.5 Å². The van der Waals surface area contributed by atoms with Gasteiger partial charge in [0.05, 0.1) is 5.69 Å². The van der Waals surface area contributed by atoms with Crippen LogP contribution in [0.5, 0.6) is 0 Å². The molecule has 1 fully saturated rings. The first-order chi connectivity index (χ1) is 13.6. The Kier molecular flexibility index (Phi) is 5.19. The fourth-order valence-corrected chi connectivity index (χ4v) is 3.73. The average molecular weight is 389 g/mol. The number of aliphatic hydroxyl groups excluding tert-OH is 1. The van der Waals surface area contributed by atoms with Crippen molar-refractivity contribution in [1.29, 1.82) is 0 Å². The van der Waals surface area contributed by atoms with Crippen molar-refractivity contribution >= 4 is 16.9 Å². The first-order valence-electron chi connectivity index (χ1n) is 9.17. The molecule has 0 bridgehead atoms. The second-order valence-corrected chi connectivity index (χ2v) is 6.98. The molecule has 9 heteroatoms. The van der Waals surface area contributed by atoms with E-state index in [1.54, 1.807) is 6.07 Å². The van der Waals surface area contributed by atoms with E-state index in [1.165, 1.54) is 12.4 Å². The molecule has 2 aromatic heterocycles. The minimum Gasteiger partial charge on any atom is -0.396 e. The van der Waals surface area contributed by atoms with Crippen molar-refractivity contribution in [3.8, 4) is 0 Å². The van der Waals surface area contributed by atoms with Gasteiger partial charge in [-0.05, 0) is 31.0 Å². The number of rotatable bonds is 5. The number of aliphatic hydroxyl groups is 1. The van der Waals surface area contributed by atoms with Crippen LogP contribution in [0, 0.1) is 18.6 Å². The summed E-state index contributed by atoms with van der Waals surface area (Å²) in [6, 6.07) is 4.01. The predicted octanol–water partition coefficient (Wildman–Crippen LogP) is 2.28. The summed E-state index contributed by atoms with van der Waals surface area (Å²) in [7, 11) is 0. The Balaban J connectivity index is 1.55. The maximum absolute atomic E-state index is 13.5. The van der Waals surface area contributed by atoms with Crippen LogP contribution in [0.1, 0.15) is 17.7 Å². The van der Waals surface area contributed by atoms with Crippen molar-refractivity contribution in [3.05, 3.63) is 47.4 Å². The SMILES string of the molecule is Cc1noc2ncnc(N3CCN(Cc4ccc(F)c(F)c4)C(CCO)C3)c12. The van der Waals surface area contributed by atoms with Gasteiger partial charge in [-0.15, -0.1) is 0 Å². The van der Waals surface area contributed by atoms with E-state index in [2.05, 4.69) is 24.9 Å². The standard InChI is InChI=1S/C19H21F2N5O2/c1-12-17-18(22-11-23-19(17)28-24-12)26-6-5-25(14(10-26)4-7-27)9-13-2-3-15(20)16(21)8-13/h2-3,8,11,14,27H,4-7,9-10H2,1H3. The van der Waals surface area contributed by atoms with Gasteiger partial charge in [-0.3, -0.25) is 4.90 Å². The van der Waals surface area contributed by atoms with E-state index in [-0.39, 0.29) is 12.6 Å². The van der Waals surface area contributed by atoms with E-state index in [1.807, 2.05) is 6.92 Å². The molecule has 1 saturated heterocycles. The van der Waals surface area contributed by atoms with Crippen LogP contribution >= 0.6 is 0 Å². The molecule has 1 aliphatic heterocycles. The average Bonchev–Trinajstić information content (AvgIpc) is 3.07. The molecule has 4 rings (SSSR count). The van der Waals surface area contributed by atoms with Gasteiger partial charge in [-0.2, -0.15) is 4.98 Å². The third kappa shape index (κ3) is 3.55. The van der Waals surface area contributed by atoms with Crippen LogP contribution in [-0.2, 0) is 6.54 Å². The Bertz CT molecular complexity index is 980. The zero-order valence-corrected chi connectivity index (χ0v) is 15.5. The molecular weight excluding hydrogens is 368 g/mol. The summed E-state index contributed by atoms with van der Waals surface area (Å²) in [6.45, 7) is 4.41. The van der Waals surface area contributed by atoms with Crippen LogP contribution in [-0.4, -0.2) is 57.4 Å². The second-order valence-electron chi connectivity index (χ2n) is 6.98. The maximum Gasteiger partial charge on any atom is 0.263 e. The Morgan fingerprint density at radius 2 is 2.07 bits per heavy atom. The van der Waals surface area contributed by atoms with Crippen molar-refractivity contribution in [2.45, 2.75) is 25.9 Å². The van der Waals surface area contributed by atoms with Gasteiger partial charge in [-0.1, -0.05) is 11.2 Å². The van der Waals surface area contributed by atoms with Gasteiger partial charge in [0, 0.05) is 38.8 Å². The maximum atomic E-state index is 13.5. The lowest BCUT2D eigenvalue weighted by Crippen LogP contribution is -2.53. The molecule has 1 unspecified atom stereocenters. The van der Waals surface area contributed by atoms with Crippen LogP contribution in [0.4, 0.5) is 14.6 Å². The molecular formula is C19H21F2N5O2. The Hall–Kier alpha value is -2.65. The van der Waals surface area contributed by atoms with Gasteiger partial charge in [0.15, 0.2) is 11.6 Å². The highest BCUT2D eigenvalue weighted by molar-refractivity contribution is 5.87. The molecule has 0 spiro atoms. The summed E-state index contributed by atoms with van der Waals surface area (Å²) in [4.78, 5) is 12.9. The number of aryl methyl sites for hydroxylation is 1. The summed E-state index contributed by atoms with van der Waals surface area (Å²) in [6.07, 6.45) is 2.02. The molecule has 0 aliphatic carbocycles. The summed E-state index contributed by atoms with van der Waals surface area (Å²) < 4.78 is 32.0. The zero-order chi connectivity index (χ0) is 19.7. The van der Waals surface area contributed by atoms with Crippen molar-refractivity contribution in [3.63, 3.8) is 0 Å². The number of benzene rings is 1. The summed E-state index contributed by atoms with van der Waals surface area (Å²) in [5, 5.41) is 14.3. The summed E-state index contributed by atoms with van der Waals surface area (Å²) in [5.74, 6) is -0.933. The van der Waals surface area contributed by atoms with E-state index in [0.29, 0.717) is 43.9 Å². The van der Waals surface area contributed by atoms with Crippen molar-refractivity contribution in [1.82, 2.24) is 20.0 Å². The molecule has 1 atom stereocenters. The first kappa shape index (κ1) is 18.7. The van der Waals surface area contributed by atoms with Crippen LogP contribution in [0.15, 0.2) is 29.0 Å². The van der Waals surface area contributed by atoms with Crippen molar-refractivity contribution in [2.24, 2.45) is 0 Å². The number of piperazine rings is 1. The highest BCUT2D eigenvalue weighted by Gasteiger charge is 2.29. The second kappa shape index (κ2) is 7.76. The molecule has 3 aromatic rings. The van der Waals surface area contributed by atoms with E-state index >= 15 is 0 Å². The lowest BCUT2D eigenvalue weighted by Gasteiger charge is -2.42. The Morgan fingerprint density at radius 1 is 1.21 bits per heavy atom. The zero-order valence-electron chi connectivity index (χ0n) is 15.5. The summed E-state index contributed by atoms with van der Waals surface area (Å²) in [5.41, 5.74) is 1.88. The molecule has 0 amide bonds. The predicted molar refractivity (Wildman–Crippen MR) is 98.8 cm³/mol. The van der Waals surface area contributed by atoms with E-state index in [9.17, 15) is 13.9 Å². The number of hydrogen-bond acceptors (Lipinski definition) is 7. The number of hydrogen-bond donors (Lipinski definition) is 1. The third-order valence-corrected chi connectivity index (χ3v) is 5.16. The van der Waals surface area contributed by atoms with Gasteiger partial charge < -0.3 is 14.5 Å². The van der Waals surface area contributed by atoms with Crippen LogP contribution in [0.25, 0.3) is 11.1 Å². The Labute approximate surface area is 160 Å². The first-order valence-corrected chi connectivity index (χ1v) is 9.17. The molecule has 0 radical (unpaired) electrons. The van der Waals surface area contributed by atoms with Gasteiger partial charge in [0.2, 0.25) is 0 Å². The fourth-order valence-electron chi connectivity index (χ4n) is 3.73. The lowest BCUT2D eigenvalue weighted by molar-refractivity contribution is 0.135. The third-order valence-electron chi connectivity index (χ3n) is 5.16. The van der Waals surface area contributed by atoms with E-state index in [0.717, 1.165) is 23.0 Å². The normalized spacial score (nSPS) is 18.1. The highest BCUT2D eigenvalue weighted by atomic mass is 19.2. The van der Waals surface area contributed by atoms with Gasteiger partial charge in [0.25, 0.3) is 5.71 Å². The van der Waals surface area contributed by atoms with Crippen molar-refractivity contribution in [2.75, 3.05) is 31.1 Å². The molecule has 7 nitrogen and oxygen atoms in total. The minimum atomic E-state index is -0.850. The molecule has 28 heavy (non-hydrogen) atoms. The smallest absolute Gasteiger partial charge is 0.263 e.